The Morgan fingerprint density at radius 1 is 0.269 bits per heavy atom. The molecular formula is C72H134O6. The van der Waals surface area contributed by atoms with Crippen LogP contribution in [0, 0.1) is 0 Å². The molecule has 6 heteroatoms. The highest BCUT2D eigenvalue weighted by atomic mass is 16.6. The highest BCUT2D eigenvalue weighted by Gasteiger charge is 2.19. The lowest BCUT2D eigenvalue weighted by molar-refractivity contribution is -0.167. The molecular weight excluding hydrogens is 961 g/mol. The molecule has 1 atom stereocenters. The molecule has 0 aliphatic heterocycles. The molecule has 0 fully saturated rings. The smallest absolute Gasteiger partial charge is 0.306 e. The molecule has 0 N–H and O–H groups in total. The Morgan fingerprint density at radius 2 is 0.500 bits per heavy atom. The van der Waals surface area contributed by atoms with Gasteiger partial charge in [-0.2, -0.15) is 0 Å². The molecule has 0 saturated heterocycles. The van der Waals surface area contributed by atoms with Crippen molar-refractivity contribution < 1.29 is 28.6 Å². The summed E-state index contributed by atoms with van der Waals surface area (Å²) in [5, 5.41) is 0. The number of esters is 3. The molecule has 0 amide bonds. The molecule has 6 nitrogen and oxygen atoms in total. The van der Waals surface area contributed by atoms with Gasteiger partial charge in [0, 0.05) is 19.3 Å². The zero-order valence-electron chi connectivity index (χ0n) is 52.7. The number of carbonyl (C=O) groups is 3. The number of allylic oxidation sites excluding steroid dienone is 6. The van der Waals surface area contributed by atoms with E-state index in [1.807, 2.05) is 0 Å². The van der Waals surface area contributed by atoms with Gasteiger partial charge in [-0.05, 0) is 51.4 Å². The maximum absolute atomic E-state index is 12.9. The van der Waals surface area contributed by atoms with Crippen LogP contribution in [0.3, 0.4) is 0 Å². The lowest BCUT2D eigenvalue weighted by atomic mass is 10.0. The number of hydrogen-bond donors (Lipinski definition) is 0. The van der Waals surface area contributed by atoms with E-state index in [-0.39, 0.29) is 31.1 Å². The van der Waals surface area contributed by atoms with Gasteiger partial charge in [0.25, 0.3) is 0 Å². The summed E-state index contributed by atoms with van der Waals surface area (Å²) < 4.78 is 17.0. The molecule has 1 unspecified atom stereocenters. The lowest BCUT2D eigenvalue weighted by Crippen LogP contribution is -2.30. The number of rotatable bonds is 65. The lowest BCUT2D eigenvalue weighted by Gasteiger charge is -2.18. The summed E-state index contributed by atoms with van der Waals surface area (Å²) >= 11 is 0. The molecule has 0 aliphatic rings. The van der Waals surface area contributed by atoms with Crippen LogP contribution in [0.5, 0.6) is 0 Å². The van der Waals surface area contributed by atoms with Gasteiger partial charge < -0.3 is 14.2 Å². The first kappa shape index (κ1) is 75.6. The van der Waals surface area contributed by atoms with Crippen molar-refractivity contribution in [3.8, 4) is 0 Å². The normalized spacial score (nSPS) is 12.2. The van der Waals surface area contributed by atoms with Crippen LogP contribution in [0.4, 0.5) is 0 Å². The van der Waals surface area contributed by atoms with Crippen LogP contribution in [-0.2, 0) is 28.6 Å². The minimum Gasteiger partial charge on any atom is -0.462 e. The quantitative estimate of drug-likeness (QED) is 0.0261. The van der Waals surface area contributed by atoms with Crippen LogP contribution in [0.15, 0.2) is 36.5 Å². The van der Waals surface area contributed by atoms with Gasteiger partial charge in [-0.15, -0.1) is 0 Å². The average Bonchev–Trinajstić information content (AvgIpc) is 3.44. The van der Waals surface area contributed by atoms with Crippen molar-refractivity contribution in [2.75, 3.05) is 13.2 Å². The Labute approximate surface area is 486 Å². The molecule has 78 heavy (non-hydrogen) atoms. The van der Waals surface area contributed by atoms with Crippen molar-refractivity contribution in [3.05, 3.63) is 36.5 Å². The van der Waals surface area contributed by atoms with Crippen LogP contribution >= 0.6 is 0 Å². The SMILES string of the molecule is CC/C=C\C/C=C\C/C=C\CCCCCCCCCC(=O)OC(COC(=O)CCCCCCCCCCCCCCCCC)COC(=O)CCCCCCCCCCCCCCCCCCCCCCCCCCCCCC. The maximum Gasteiger partial charge on any atom is 0.306 e. The topological polar surface area (TPSA) is 78.9 Å². The number of ether oxygens (including phenoxy) is 3. The molecule has 0 aliphatic carbocycles. The highest BCUT2D eigenvalue weighted by molar-refractivity contribution is 5.71. The molecule has 0 heterocycles. The first-order valence-electron chi connectivity index (χ1n) is 35.0. The maximum atomic E-state index is 12.9. The predicted octanol–water partition coefficient (Wildman–Crippen LogP) is 23.9. The van der Waals surface area contributed by atoms with E-state index in [0.29, 0.717) is 19.3 Å². The third-order valence-electron chi connectivity index (χ3n) is 15.9. The molecule has 0 rings (SSSR count). The van der Waals surface area contributed by atoms with E-state index in [9.17, 15) is 14.4 Å². The Morgan fingerprint density at radius 3 is 0.782 bits per heavy atom. The zero-order valence-corrected chi connectivity index (χ0v) is 52.7. The second-order valence-electron chi connectivity index (χ2n) is 23.8. The Balaban J connectivity index is 4.20. The van der Waals surface area contributed by atoms with Crippen molar-refractivity contribution >= 4 is 17.9 Å². The summed E-state index contributed by atoms with van der Waals surface area (Å²) in [7, 11) is 0. The number of carbonyl (C=O) groups excluding carboxylic acids is 3. The Kier molecular flexibility index (Phi) is 65.1. The van der Waals surface area contributed by atoms with E-state index in [0.717, 1.165) is 83.5 Å². The first-order valence-corrected chi connectivity index (χ1v) is 35.0. The van der Waals surface area contributed by atoms with Gasteiger partial charge >= 0.3 is 17.9 Å². The third kappa shape index (κ3) is 64.5. The first-order chi connectivity index (χ1) is 38.5. The minimum atomic E-state index is -0.775. The standard InChI is InChI=1S/C72H134O6/c1-4-7-10-13-16-19-22-25-28-30-31-32-33-34-35-36-37-38-39-40-42-44-47-50-53-56-59-62-65-71(74)77-68-69(67-76-70(73)64-61-58-55-52-49-46-43-27-24-21-18-15-12-9-6-3)78-72(75)66-63-60-57-54-51-48-45-41-29-26-23-20-17-14-11-8-5-2/h8,11,17,20,26,29,69H,4-7,9-10,12-16,18-19,21-25,27-28,30-68H2,1-3H3/b11-8-,20-17-,29-26-. The fourth-order valence-electron chi connectivity index (χ4n) is 10.7. The van der Waals surface area contributed by atoms with Gasteiger partial charge in [-0.25, -0.2) is 0 Å². The molecule has 0 aromatic rings. The molecule has 0 saturated carbocycles. The van der Waals surface area contributed by atoms with Crippen LogP contribution in [0.1, 0.15) is 387 Å². The van der Waals surface area contributed by atoms with Gasteiger partial charge in [0.05, 0.1) is 0 Å². The van der Waals surface area contributed by atoms with E-state index in [2.05, 4.69) is 57.2 Å². The minimum absolute atomic E-state index is 0.0706. The molecule has 0 bridgehead atoms. The van der Waals surface area contributed by atoms with Crippen molar-refractivity contribution in [3.63, 3.8) is 0 Å². The van der Waals surface area contributed by atoms with Crippen LogP contribution < -0.4 is 0 Å². The van der Waals surface area contributed by atoms with E-state index in [1.165, 1.54) is 263 Å². The summed E-state index contributed by atoms with van der Waals surface area (Å²) in [5.74, 6) is -0.851. The summed E-state index contributed by atoms with van der Waals surface area (Å²) in [6.45, 7) is 6.60. The predicted molar refractivity (Wildman–Crippen MR) is 339 cm³/mol. The summed E-state index contributed by atoms with van der Waals surface area (Å²) in [5.41, 5.74) is 0. The van der Waals surface area contributed by atoms with Crippen LogP contribution in [0.25, 0.3) is 0 Å². The Hall–Kier alpha value is -2.37. The summed E-state index contributed by atoms with van der Waals surface area (Å²) in [6, 6.07) is 0. The third-order valence-corrected chi connectivity index (χ3v) is 15.9. The van der Waals surface area contributed by atoms with Crippen molar-refractivity contribution in [2.45, 2.75) is 393 Å². The molecule has 0 spiro atoms. The highest BCUT2D eigenvalue weighted by Crippen LogP contribution is 2.19. The summed E-state index contributed by atoms with van der Waals surface area (Å²) in [4.78, 5) is 38.4. The largest absolute Gasteiger partial charge is 0.462 e. The van der Waals surface area contributed by atoms with E-state index in [4.69, 9.17) is 14.2 Å². The van der Waals surface area contributed by atoms with Crippen molar-refractivity contribution in [1.29, 1.82) is 0 Å². The second kappa shape index (κ2) is 67.1. The van der Waals surface area contributed by atoms with Gasteiger partial charge in [-0.1, -0.05) is 353 Å². The number of unbranched alkanes of at least 4 members (excludes halogenated alkanes) is 48. The fraction of sp³-hybridized carbons (Fsp3) is 0.875. The second-order valence-corrected chi connectivity index (χ2v) is 23.8. The van der Waals surface area contributed by atoms with Gasteiger partial charge in [0.1, 0.15) is 13.2 Å². The average molecular weight is 1100 g/mol. The fourth-order valence-corrected chi connectivity index (χ4v) is 10.7. The molecule has 0 aromatic carbocycles. The summed E-state index contributed by atoms with van der Waals surface area (Å²) in [6.07, 6.45) is 83.2. The zero-order chi connectivity index (χ0) is 56.4. The van der Waals surface area contributed by atoms with E-state index < -0.39 is 6.10 Å². The van der Waals surface area contributed by atoms with Crippen LogP contribution in [0.2, 0.25) is 0 Å². The van der Waals surface area contributed by atoms with Gasteiger partial charge in [0.2, 0.25) is 0 Å². The Bertz CT molecular complexity index is 1300. The molecule has 0 radical (unpaired) electrons. The van der Waals surface area contributed by atoms with Gasteiger partial charge in [0.15, 0.2) is 6.10 Å². The van der Waals surface area contributed by atoms with Crippen molar-refractivity contribution in [1.82, 2.24) is 0 Å². The molecule has 0 aromatic heterocycles. The van der Waals surface area contributed by atoms with Crippen molar-refractivity contribution in [2.24, 2.45) is 0 Å². The van der Waals surface area contributed by atoms with Crippen LogP contribution in [-0.4, -0.2) is 37.2 Å². The number of hydrogen-bond acceptors (Lipinski definition) is 6. The van der Waals surface area contributed by atoms with Gasteiger partial charge in [-0.3, -0.25) is 14.4 Å². The van der Waals surface area contributed by atoms with E-state index in [1.54, 1.807) is 0 Å². The monoisotopic (exact) mass is 1100 g/mol. The van der Waals surface area contributed by atoms with E-state index >= 15 is 0 Å². The molecule has 458 valence electrons.